The first kappa shape index (κ1) is 5.70. The van der Waals surface area contributed by atoms with Gasteiger partial charge < -0.3 is 4.74 Å². The zero-order valence-corrected chi connectivity index (χ0v) is 5.58. The summed E-state index contributed by atoms with van der Waals surface area (Å²) in [6.45, 7) is 0. The van der Waals surface area contributed by atoms with E-state index in [2.05, 4.69) is 15.2 Å². The highest BCUT2D eigenvalue weighted by molar-refractivity contribution is 4.89. The van der Waals surface area contributed by atoms with Crippen LogP contribution in [-0.2, 0) is 0 Å². The monoisotopic (exact) mass is 139 g/mol. The minimum Gasteiger partial charge on any atom is -0.460 e. The predicted octanol–water partition coefficient (Wildman–Crippen LogP) is 0.736. The van der Waals surface area contributed by atoms with E-state index in [1.807, 2.05) is 0 Å². The Morgan fingerprint density at radius 3 is 3.00 bits per heavy atom. The number of nitrogens with one attached hydrogen (secondary N) is 1. The minimum absolute atomic E-state index is 0.382. The summed E-state index contributed by atoms with van der Waals surface area (Å²) in [5.41, 5.74) is 0. The SMILES string of the molecule is c1n[nH]c(OC2CCC2)n1. The van der Waals surface area contributed by atoms with Crippen molar-refractivity contribution in [3.05, 3.63) is 6.33 Å². The summed E-state index contributed by atoms with van der Waals surface area (Å²) >= 11 is 0. The summed E-state index contributed by atoms with van der Waals surface area (Å²) in [5.74, 6) is 0. The van der Waals surface area contributed by atoms with Gasteiger partial charge in [-0.15, -0.1) is 0 Å². The van der Waals surface area contributed by atoms with Gasteiger partial charge in [-0.25, -0.2) is 5.10 Å². The molecule has 2 rings (SSSR count). The molecule has 0 atom stereocenters. The number of rotatable bonds is 2. The Labute approximate surface area is 58.6 Å². The summed E-state index contributed by atoms with van der Waals surface area (Å²) < 4.78 is 5.36. The molecule has 0 aromatic carbocycles. The highest BCUT2D eigenvalue weighted by Crippen LogP contribution is 2.22. The molecule has 1 N–H and O–H groups in total. The van der Waals surface area contributed by atoms with Gasteiger partial charge in [0.25, 0.3) is 0 Å². The molecule has 1 heterocycles. The second-order valence-corrected chi connectivity index (χ2v) is 2.46. The number of aromatic amines is 1. The van der Waals surface area contributed by atoms with Crippen molar-refractivity contribution in [1.29, 1.82) is 0 Å². The van der Waals surface area contributed by atoms with Gasteiger partial charge in [0.2, 0.25) is 0 Å². The van der Waals surface area contributed by atoms with Crippen molar-refractivity contribution in [2.24, 2.45) is 0 Å². The molecule has 10 heavy (non-hydrogen) atoms. The quantitative estimate of drug-likeness (QED) is 0.657. The van der Waals surface area contributed by atoms with E-state index >= 15 is 0 Å². The number of aromatic nitrogens is 3. The lowest BCUT2D eigenvalue weighted by Crippen LogP contribution is -2.24. The van der Waals surface area contributed by atoms with Gasteiger partial charge in [0.15, 0.2) is 0 Å². The summed E-state index contributed by atoms with van der Waals surface area (Å²) in [6, 6.07) is 0.546. The van der Waals surface area contributed by atoms with Gasteiger partial charge in [0.05, 0.1) is 0 Å². The average molecular weight is 139 g/mol. The molecule has 1 aliphatic rings. The second-order valence-electron chi connectivity index (χ2n) is 2.46. The first-order valence-corrected chi connectivity index (χ1v) is 3.47. The maximum atomic E-state index is 5.36. The molecule has 1 saturated carbocycles. The number of ether oxygens (including phenoxy) is 1. The van der Waals surface area contributed by atoms with E-state index in [9.17, 15) is 0 Å². The van der Waals surface area contributed by atoms with Crippen molar-refractivity contribution in [3.8, 4) is 6.01 Å². The molecule has 0 spiro atoms. The van der Waals surface area contributed by atoms with Crippen LogP contribution >= 0.6 is 0 Å². The lowest BCUT2D eigenvalue weighted by Gasteiger charge is -2.24. The van der Waals surface area contributed by atoms with Crippen molar-refractivity contribution in [2.45, 2.75) is 25.4 Å². The molecule has 0 bridgehead atoms. The topological polar surface area (TPSA) is 50.8 Å². The predicted molar refractivity (Wildman–Crippen MR) is 34.6 cm³/mol. The van der Waals surface area contributed by atoms with Gasteiger partial charge in [-0.05, 0) is 19.3 Å². The molecule has 4 heteroatoms. The van der Waals surface area contributed by atoms with Crippen molar-refractivity contribution in [3.63, 3.8) is 0 Å². The molecular formula is C6H9N3O. The minimum atomic E-state index is 0.382. The lowest BCUT2D eigenvalue weighted by molar-refractivity contribution is 0.109. The maximum Gasteiger partial charge on any atom is 0.312 e. The standard InChI is InChI=1S/C6H9N3O/c1-2-5(3-1)10-6-7-4-8-9-6/h4-5H,1-3H2,(H,7,8,9). The van der Waals surface area contributed by atoms with Crippen molar-refractivity contribution in [1.82, 2.24) is 15.2 Å². The number of hydrogen-bond donors (Lipinski definition) is 1. The maximum absolute atomic E-state index is 5.36. The van der Waals surface area contributed by atoms with Crippen molar-refractivity contribution < 1.29 is 4.74 Å². The van der Waals surface area contributed by atoms with Gasteiger partial charge in [-0.1, -0.05) is 0 Å². The first-order valence-electron chi connectivity index (χ1n) is 3.47. The Balaban J connectivity index is 1.90. The molecule has 0 unspecified atom stereocenters. The molecule has 0 radical (unpaired) electrons. The van der Waals surface area contributed by atoms with Crippen LogP contribution in [0.4, 0.5) is 0 Å². The highest BCUT2D eigenvalue weighted by Gasteiger charge is 2.19. The normalized spacial score (nSPS) is 18.4. The molecule has 4 nitrogen and oxygen atoms in total. The summed E-state index contributed by atoms with van der Waals surface area (Å²) in [7, 11) is 0. The molecule has 1 aromatic rings. The molecule has 54 valence electrons. The van der Waals surface area contributed by atoms with Gasteiger partial charge in [0, 0.05) is 0 Å². The van der Waals surface area contributed by atoms with Gasteiger partial charge in [0.1, 0.15) is 12.4 Å². The third-order valence-corrected chi connectivity index (χ3v) is 1.72. The summed E-state index contributed by atoms with van der Waals surface area (Å²) in [6.07, 6.45) is 5.42. The second kappa shape index (κ2) is 2.28. The fraction of sp³-hybridized carbons (Fsp3) is 0.667. The lowest BCUT2D eigenvalue weighted by atomic mass is 9.96. The zero-order valence-electron chi connectivity index (χ0n) is 5.58. The van der Waals surface area contributed by atoms with Crippen LogP contribution in [0.1, 0.15) is 19.3 Å². The van der Waals surface area contributed by atoms with Gasteiger partial charge in [-0.3, -0.25) is 0 Å². The molecular weight excluding hydrogens is 130 g/mol. The number of H-pyrrole nitrogens is 1. The van der Waals surface area contributed by atoms with E-state index in [1.165, 1.54) is 12.7 Å². The zero-order chi connectivity index (χ0) is 6.81. The first-order chi connectivity index (χ1) is 4.95. The Morgan fingerprint density at radius 2 is 2.50 bits per heavy atom. The van der Waals surface area contributed by atoms with Crippen LogP contribution < -0.4 is 4.74 Å². The molecule has 1 aliphatic carbocycles. The molecule has 1 fully saturated rings. The molecule has 0 aliphatic heterocycles. The van der Waals surface area contributed by atoms with Crippen LogP contribution in [0.3, 0.4) is 0 Å². The molecule has 0 saturated heterocycles. The van der Waals surface area contributed by atoms with Crippen molar-refractivity contribution in [2.75, 3.05) is 0 Å². The third-order valence-electron chi connectivity index (χ3n) is 1.72. The Morgan fingerprint density at radius 1 is 1.60 bits per heavy atom. The van der Waals surface area contributed by atoms with Crippen LogP contribution in [0, 0.1) is 0 Å². The van der Waals surface area contributed by atoms with E-state index in [4.69, 9.17) is 4.74 Å². The van der Waals surface area contributed by atoms with Crippen LogP contribution in [0.25, 0.3) is 0 Å². The summed E-state index contributed by atoms with van der Waals surface area (Å²) in [4.78, 5) is 3.85. The Kier molecular flexibility index (Phi) is 1.30. The number of hydrogen-bond acceptors (Lipinski definition) is 3. The largest absolute Gasteiger partial charge is 0.460 e. The van der Waals surface area contributed by atoms with Crippen LogP contribution in [0.15, 0.2) is 6.33 Å². The Bertz CT molecular complexity index is 193. The number of nitrogens with zero attached hydrogens (tertiary/aromatic N) is 2. The van der Waals surface area contributed by atoms with E-state index in [0.717, 1.165) is 12.8 Å². The van der Waals surface area contributed by atoms with Crippen LogP contribution in [0.2, 0.25) is 0 Å². The van der Waals surface area contributed by atoms with E-state index in [0.29, 0.717) is 12.1 Å². The molecule has 1 aromatic heterocycles. The Hall–Kier alpha value is -1.06. The fourth-order valence-electron chi connectivity index (χ4n) is 0.898. The van der Waals surface area contributed by atoms with E-state index in [1.54, 1.807) is 0 Å². The molecule has 0 amide bonds. The average Bonchev–Trinajstić information content (AvgIpc) is 2.29. The fourth-order valence-corrected chi connectivity index (χ4v) is 0.898. The highest BCUT2D eigenvalue weighted by atomic mass is 16.5. The van der Waals surface area contributed by atoms with E-state index in [-0.39, 0.29) is 0 Å². The van der Waals surface area contributed by atoms with E-state index < -0.39 is 0 Å². The van der Waals surface area contributed by atoms with Gasteiger partial charge >= 0.3 is 6.01 Å². The van der Waals surface area contributed by atoms with Crippen LogP contribution in [-0.4, -0.2) is 21.3 Å². The van der Waals surface area contributed by atoms with Crippen molar-refractivity contribution >= 4 is 0 Å². The third kappa shape index (κ3) is 0.964. The smallest absolute Gasteiger partial charge is 0.312 e. The van der Waals surface area contributed by atoms with Gasteiger partial charge in [-0.2, -0.15) is 10.1 Å². The summed E-state index contributed by atoms with van der Waals surface area (Å²) in [5, 5.41) is 6.33. The van der Waals surface area contributed by atoms with Crippen LogP contribution in [0.5, 0.6) is 6.01 Å².